The Hall–Kier alpha value is -3.57. The number of hydrogen-bond donors (Lipinski definition) is 2. The zero-order valence-electron chi connectivity index (χ0n) is 15.7. The van der Waals surface area contributed by atoms with E-state index in [9.17, 15) is 9.59 Å². The van der Waals surface area contributed by atoms with Crippen molar-refractivity contribution in [3.05, 3.63) is 47.8 Å². The highest BCUT2D eigenvalue weighted by atomic mass is 16.5. The predicted octanol–water partition coefficient (Wildman–Crippen LogP) is 1.46. The minimum absolute atomic E-state index is 0.291. The number of carbonyl (C=O) groups excluding carboxylic acids is 2. The number of terminal acetylenes is 1. The van der Waals surface area contributed by atoms with Gasteiger partial charge in [0, 0.05) is 42.2 Å². The summed E-state index contributed by atoms with van der Waals surface area (Å²) in [7, 11) is 3.10. The van der Waals surface area contributed by atoms with Gasteiger partial charge in [-0.05, 0) is 11.6 Å². The van der Waals surface area contributed by atoms with Gasteiger partial charge in [-0.3, -0.25) is 9.59 Å². The van der Waals surface area contributed by atoms with E-state index >= 15 is 0 Å². The molecule has 0 bridgehead atoms. The van der Waals surface area contributed by atoms with Gasteiger partial charge in [-0.1, -0.05) is 18.1 Å². The Bertz CT molecular complexity index is 984. The lowest BCUT2D eigenvalue weighted by Crippen LogP contribution is -2.33. The summed E-state index contributed by atoms with van der Waals surface area (Å²) in [5, 5.41) is 4.70. The van der Waals surface area contributed by atoms with Crippen molar-refractivity contribution in [2.45, 2.75) is 12.5 Å². The van der Waals surface area contributed by atoms with E-state index in [1.807, 2.05) is 6.07 Å². The number of esters is 1. The summed E-state index contributed by atoms with van der Waals surface area (Å²) in [6.07, 6.45) is 9.54. The number of nitrogens with one attached hydrogen (secondary N) is 1. The predicted molar refractivity (Wildman–Crippen MR) is 105 cm³/mol. The lowest BCUT2D eigenvalue weighted by molar-refractivity contribution is -0.142. The van der Waals surface area contributed by atoms with Crippen molar-refractivity contribution in [3.63, 3.8) is 0 Å². The van der Waals surface area contributed by atoms with Crippen molar-refractivity contribution >= 4 is 23.2 Å². The van der Waals surface area contributed by atoms with Gasteiger partial charge >= 0.3 is 5.97 Å². The zero-order valence-corrected chi connectivity index (χ0v) is 15.7. The van der Waals surface area contributed by atoms with E-state index in [1.54, 1.807) is 42.3 Å². The molecular weight excluding hydrogens is 360 g/mol. The van der Waals surface area contributed by atoms with Crippen LogP contribution in [0.1, 0.15) is 15.9 Å². The van der Waals surface area contributed by atoms with Crippen molar-refractivity contribution in [2.75, 3.05) is 13.7 Å². The molecule has 2 aromatic heterocycles. The minimum atomic E-state index is -0.728. The van der Waals surface area contributed by atoms with E-state index in [-0.39, 0.29) is 0 Å². The van der Waals surface area contributed by atoms with Crippen molar-refractivity contribution in [3.8, 4) is 18.2 Å². The number of aromatic amines is 1. The lowest BCUT2D eigenvalue weighted by atomic mass is 10.0. The van der Waals surface area contributed by atoms with Gasteiger partial charge in [0.05, 0.1) is 13.3 Å². The van der Waals surface area contributed by atoms with Gasteiger partial charge in [-0.25, -0.2) is 4.68 Å². The fraction of sp³-hybridized carbons (Fsp3) is 0.250. The molecule has 8 heteroatoms. The average molecular weight is 382 g/mol. The van der Waals surface area contributed by atoms with E-state index < -0.39 is 12.0 Å². The monoisotopic (exact) mass is 382 g/mol. The van der Waals surface area contributed by atoms with Crippen LogP contribution in [-0.2, 0) is 23.0 Å². The third-order valence-electron chi connectivity index (χ3n) is 3.97. The Morgan fingerprint density at radius 2 is 2.25 bits per heavy atom. The molecule has 0 spiro atoms. The van der Waals surface area contributed by atoms with Crippen molar-refractivity contribution < 1.29 is 19.1 Å². The summed E-state index contributed by atoms with van der Waals surface area (Å²) < 4.78 is 11.3. The largest absolute Gasteiger partial charge is 0.468 e. The molecule has 28 heavy (non-hydrogen) atoms. The molecule has 0 radical (unpaired) electrons. The van der Waals surface area contributed by atoms with Crippen LogP contribution in [0.2, 0.25) is 0 Å². The van der Waals surface area contributed by atoms with E-state index in [0.29, 0.717) is 24.5 Å². The molecule has 0 saturated heterocycles. The molecule has 1 unspecified atom stereocenters. The molecule has 2 heterocycles. The summed E-state index contributed by atoms with van der Waals surface area (Å²) in [6, 6.07) is 6.43. The Balaban J connectivity index is 0.000000237. The van der Waals surface area contributed by atoms with E-state index in [2.05, 4.69) is 20.7 Å². The highest BCUT2D eigenvalue weighted by Crippen LogP contribution is 2.22. The summed E-state index contributed by atoms with van der Waals surface area (Å²) in [5.74, 6) is 2.60. The zero-order chi connectivity index (χ0) is 20.5. The number of methoxy groups -OCH3 is 1. The maximum Gasteiger partial charge on any atom is 0.322 e. The first-order valence-corrected chi connectivity index (χ1v) is 8.43. The number of aryl methyl sites for hydroxylation is 1. The average Bonchev–Trinajstić information content (AvgIpc) is 3.32. The fourth-order valence-corrected chi connectivity index (χ4v) is 2.64. The number of nitrogens with two attached hydrogens (primary N) is 1. The number of aromatic nitrogens is 3. The Labute approximate surface area is 162 Å². The first kappa shape index (κ1) is 20.7. The molecule has 8 nitrogen and oxygen atoms in total. The molecule has 0 fully saturated rings. The van der Waals surface area contributed by atoms with Gasteiger partial charge in [0.25, 0.3) is 0 Å². The second-order valence-corrected chi connectivity index (χ2v) is 5.82. The molecule has 3 rings (SSSR count). The van der Waals surface area contributed by atoms with E-state index in [0.717, 1.165) is 22.8 Å². The van der Waals surface area contributed by atoms with Crippen molar-refractivity contribution in [2.24, 2.45) is 12.8 Å². The summed E-state index contributed by atoms with van der Waals surface area (Å²) in [4.78, 5) is 25.4. The Kier molecular flexibility index (Phi) is 7.37. The first-order valence-electron chi connectivity index (χ1n) is 8.43. The number of carbonyl (C=O) groups is 2. The van der Waals surface area contributed by atoms with Crippen molar-refractivity contribution in [1.29, 1.82) is 0 Å². The molecule has 1 atom stereocenters. The van der Waals surface area contributed by atoms with Crippen LogP contribution in [0.15, 0.2) is 36.7 Å². The number of rotatable bonds is 6. The summed E-state index contributed by atoms with van der Waals surface area (Å²) in [5.41, 5.74) is 8.00. The van der Waals surface area contributed by atoms with Crippen LogP contribution in [-0.4, -0.2) is 46.8 Å². The first-order chi connectivity index (χ1) is 13.5. The molecule has 0 aliphatic heterocycles. The number of ether oxygens (including phenoxy) is 2. The molecule has 1 aromatic carbocycles. The van der Waals surface area contributed by atoms with Gasteiger partial charge in [0.2, 0.25) is 5.88 Å². The molecule has 3 aromatic rings. The number of H-pyrrole nitrogens is 1. The van der Waals surface area contributed by atoms with Crippen LogP contribution in [0.25, 0.3) is 10.9 Å². The van der Waals surface area contributed by atoms with Gasteiger partial charge in [-0.2, -0.15) is 5.10 Å². The van der Waals surface area contributed by atoms with Crippen LogP contribution >= 0.6 is 0 Å². The lowest BCUT2D eigenvalue weighted by Gasteiger charge is -2.08. The fourth-order valence-electron chi connectivity index (χ4n) is 2.64. The quantitative estimate of drug-likeness (QED) is 0.379. The number of nitrogens with zero attached hydrogens (tertiary/aromatic N) is 2. The number of fused-ring (bicyclic) bond motifs is 1. The Morgan fingerprint density at radius 1 is 1.46 bits per heavy atom. The van der Waals surface area contributed by atoms with Gasteiger partial charge in [-0.15, -0.1) is 6.42 Å². The minimum Gasteiger partial charge on any atom is -0.468 e. The normalized spacial score (nSPS) is 11.1. The van der Waals surface area contributed by atoms with Crippen LogP contribution in [0.3, 0.4) is 0 Å². The SMILES string of the molecule is C#CCOc1ccnn1C.COC(=O)C(N)Cc1c[nH]c2cccc(C=O)c12. The smallest absolute Gasteiger partial charge is 0.322 e. The second kappa shape index (κ2) is 9.94. The number of aldehydes is 1. The molecular formula is C20H22N4O4. The Morgan fingerprint density at radius 3 is 2.86 bits per heavy atom. The molecule has 0 aliphatic carbocycles. The molecule has 0 amide bonds. The standard InChI is InChI=1S/C13H14N2O3.C7H8N2O/c1-18-13(17)10(14)5-9-6-15-11-4-2-3-8(7-16)12(9)11;1-3-6-10-7-4-5-8-9(7)2/h2-4,6-7,10,15H,5,14H2,1H3;1,4-5H,6H2,2H3. The second-order valence-electron chi connectivity index (χ2n) is 5.82. The molecule has 146 valence electrons. The van der Waals surface area contributed by atoms with Crippen LogP contribution in [0.5, 0.6) is 5.88 Å². The van der Waals surface area contributed by atoms with E-state index in [1.165, 1.54) is 7.11 Å². The number of benzene rings is 1. The summed E-state index contributed by atoms with van der Waals surface area (Å²) in [6.45, 7) is 0.291. The third-order valence-corrected chi connectivity index (χ3v) is 3.97. The maximum atomic E-state index is 11.3. The van der Waals surface area contributed by atoms with Crippen LogP contribution < -0.4 is 10.5 Å². The van der Waals surface area contributed by atoms with Gasteiger partial charge < -0.3 is 20.2 Å². The highest BCUT2D eigenvalue weighted by molar-refractivity contribution is 5.99. The molecule has 0 saturated carbocycles. The summed E-state index contributed by atoms with van der Waals surface area (Å²) >= 11 is 0. The van der Waals surface area contributed by atoms with Crippen LogP contribution in [0, 0.1) is 12.3 Å². The molecule has 0 aliphatic rings. The molecule has 3 N–H and O–H groups in total. The topological polar surface area (TPSA) is 112 Å². The van der Waals surface area contributed by atoms with E-state index in [4.69, 9.17) is 16.9 Å². The highest BCUT2D eigenvalue weighted by Gasteiger charge is 2.17. The number of hydrogen-bond acceptors (Lipinski definition) is 6. The third kappa shape index (κ3) is 4.99. The van der Waals surface area contributed by atoms with Gasteiger partial charge in [0.15, 0.2) is 12.9 Å². The van der Waals surface area contributed by atoms with Crippen molar-refractivity contribution in [1.82, 2.24) is 14.8 Å². The maximum absolute atomic E-state index is 11.3. The van der Waals surface area contributed by atoms with Crippen LogP contribution in [0.4, 0.5) is 0 Å². The van der Waals surface area contributed by atoms with Gasteiger partial charge in [0.1, 0.15) is 6.04 Å².